The van der Waals surface area contributed by atoms with Crippen LogP contribution in [0.5, 0.6) is 5.75 Å². The van der Waals surface area contributed by atoms with Crippen LogP contribution in [0.3, 0.4) is 0 Å². The number of nitrogens with one attached hydrogen (secondary N) is 2. The molecule has 0 atom stereocenters. The van der Waals surface area contributed by atoms with Gasteiger partial charge in [-0.15, -0.1) is 0 Å². The lowest BCUT2D eigenvalue weighted by Crippen LogP contribution is -2.29. The maximum Gasteiger partial charge on any atom is 0.305 e. The number of ether oxygens (including phenoxy) is 1. The van der Waals surface area contributed by atoms with Gasteiger partial charge in [-0.05, 0) is 30.8 Å². The minimum absolute atomic E-state index is 0.231. The number of hydrogen-bond acceptors (Lipinski definition) is 4. The lowest BCUT2D eigenvalue weighted by molar-refractivity contribution is -0.140. The van der Waals surface area contributed by atoms with Gasteiger partial charge >= 0.3 is 5.97 Å². The monoisotopic (exact) mass is 318 g/mol. The van der Waals surface area contributed by atoms with Crippen molar-refractivity contribution in [3.05, 3.63) is 36.4 Å². The molecule has 0 aromatic heterocycles. The predicted octanol–water partition coefficient (Wildman–Crippen LogP) is 2.79. The first-order chi connectivity index (χ1) is 10.6. The number of hydrogen-bond donors (Lipinski definition) is 3. The molecule has 0 saturated heterocycles. The lowest BCUT2D eigenvalue weighted by atomic mass is 10.1. The van der Waals surface area contributed by atoms with E-state index in [-0.39, 0.29) is 11.7 Å². The maximum atomic E-state index is 11.0. The maximum absolute atomic E-state index is 11.0. The van der Waals surface area contributed by atoms with Crippen LogP contribution in [-0.2, 0) is 9.53 Å². The molecule has 0 unspecified atom stereocenters. The second-order valence-corrected chi connectivity index (χ2v) is 5.15. The van der Waals surface area contributed by atoms with E-state index in [1.165, 1.54) is 7.11 Å². The molecule has 0 saturated carbocycles. The highest BCUT2D eigenvalue weighted by Gasteiger charge is 2.05. The van der Waals surface area contributed by atoms with Crippen LogP contribution in [0, 0.1) is 0 Å². The standard InChI is InChI=1S/C16H18N2O3S/c1-21-15(20)9-4-10-17-16(22)18-13-7-2-6-12-11(13)5-3-8-14(12)19/h2-3,5-8,19H,4,9-10H2,1H3,(H2,17,18,22). The molecule has 5 nitrogen and oxygen atoms in total. The Labute approximate surface area is 134 Å². The molecule has 0 spiro atoms. The Kier molecular flexibility index (Phi) is 5.55. The molecule has 2 aromatic rings. The van der Waals surface area contributed by atoms with Crippen molar-refractivity contribution in [2.75, 3.05) is 19.0 Å². The van der Waals surface area contributed by atoms with Gasteiger partial charge in [0, 0.05) is 29.4 Å². The highest BCUT2D eigenvalue weighted by molar-refractivity contribution is 7.80. The molecule has 0 heterocycles. The number of phenolic OH excluding ortho intramolecular Hbond substituents is 1. The van der Waals surface area contributed by atoms with E-state index >= 15 is 0 Å². The number of methoxy groups -OCH3 is 1. The summed E-state index contributed by atoms with van der Waals surface area (Å²) in [5, 5.41) is 18.1. The average Bonchev–Trinajstić information content (AvgIpc) is 2.52. The van der Waals surface area contributed by atoms with Crippen molar-refractivity contribution in [1.29, 1.82) is 0 Å². The van der Waals surface area contributed by atoms with Gasteiger partial charge in [0.2, 0.25) is 0 Å². The molecular formula is C16H18N2O3S. The number of rotatable bonds is 5. The lowest BCUT2D eigenvalue weighted by Gasteiger charge is -2.12. The molecule has 0 aliphatic carbocycles. The number of phenols is 1. The first kappa shape index (κ1) is 16.0. The van der Waals surface area contributed by atoms with Crippen molar-refractivity contribution in [3.8, 4) is 5.75 Å². The second-order valence-electron chi connectivity index (χ2n) is 4.74. The Morgan fingerprint density at radius 3 is 2.73 bits per heavy atom. The summed E-state index contributed by atoms with van der Waals surface area (Å²) in [5.74, 6) is 0.00307. The molecule has 22 heavy (non-hydrogen) atoms. The van der Waals surface area contributed by atoms with E-state index in [2.05, 4.69) is 15.4 Å². The fourth-order valence-corrected chi connectivity index (χ4v) is 2.32. The molecule has 2 rings (SSSR count). The molecule has 2 aromatic carbocycles. The molecule has 0 fully saturated rings. The zero-order chi connectivity index (χ0) is 15.9. The van der Waals surface area contributed by atoms with Crippen LogP contribution in [0.4, 0.5) is 5.69 Å². The predicted molar refractivity (Wildman–Crippen MR) is 91.1 cm³/mol. The summed E-state index contributed by atoms with van der Waals surface area (Å²) in [5.41, 5.74) is 0.818. The van der Waals surface area contributed by atoms with Gasteiger partial charge in [0.1, 0.15) is 5.75 Å². The number of anilines is 1. The number of fused-ring (bicyclic) bond motifs is 1. The number of aromatic hydroxyl groups is 1. The third-order valence-electron chi connectivity index (χ3n) is 3.22. The number of thiocarbonyl (C=S) groups is 1. The third-order valence-corrected chi connectivity index (χ3v) is 3.46. The van der Waals surface area contributed by atoms with Gasteiger partial charge in [0.25, 0.3) is 0 Å². The Morgan fingerprint density at radius 2 is 1.95 bits per heavy atom. The van der Waals surface area contributed by atoms with Crippen molar-refractivity contribution >= 4 is 39.8 Å². The molecular weight excluding hydrogens is 300 g/mol. The minimum atomic E-state index is -0.231. The van der Waals surface area contributed by atoms with Crippen LogP contribution in [0.15, 0.2) is 36.4 Å². The van der Waals surface area contributed by atoms with E-state index < -0.39 is 0 Å². The van der Waals surface area contributed by atoms with E-state index in [1.54, 1.807) is 12.1 Å². The molecule has 0 aliphatic heterocycles. The first-order valence-corrected chi connectivity index (χ1v) is 7.35. The van der Waals surface area contributed by atoms with Crippen LogP contribution in [0.25, 0.3) is 10.8 Å². The summed E-state index contributed by atoms with van der Waals surface area (Å²) in [6, 6.07) is 10.9. The van der Waals surface area contributed by atoms with Crippen molar-refractivity contribution in [3.63, 3.8) is 0 Å². The van der Waals surface area contributed by atoms with Gasteiger partial charge in [-0.3, -0.25) is 4.79 Å². The Balaban J connectivity index is 1.95. The number of esters is 1. The van der Waals surface area contributed by atoms with Gasteiger partial charge in [0.05, 0.1) is 7.11 Å². The summed E-state index contributed by atoms with van der Waals surface area (Å²) in [6.45, 7) is 0.580. The average molecular weight is 318 g/mol. The topological polar surface area (TPSA) is 70.6 Å². The fraction of sp³-hybridized carbons (Fsp3) is 0.250. The SMILES string of the molecule is COC(=O)CCCNC(=S)Nc1cccc2c(O)cccc12. The normalized spacial score (nSPS) is 10.2. The molecule has 116 valence electrons. The van der Waals surface area contributed by atoms with Gasteiger partial charge in [-0.2, -0.15) is 0 Å². The van der Waals surface area contributed by atoms with Crippen molar-refractivity contribution < 1.29 is 14.6 Å². The second kappa shape index (κ2) is 7.61. The smallest absolute Gasteiger partial charge is 0.305 e. The number of benzene rings is 2. The van der Waals surface area contributed by atoms with Crippen LogP contribution in [-0.4, -0.2) is 29.8 Å². The quantitative estimate of drug-likeness (QED) is 0.447. The van der Waals surface area contributed by atoms with E-state index in [4.69, 9.17) is 12.2 Å². The van der Waals surface area contributed by atoms with Gasteiger partial charge in [-0.1, -0.05) is 24.3 Å². The Morgan fingerprint density at radius 1 is 1.23 bits per heavy atom. The zero-order valence-electron chi connectivity index (χ0n) is 12.3. The molecule has 0 aliphatic rings. The highest BCUT2D eigenvalue weighted by Crippen LogP contribution is 2.29. The van der Waals surface area contributed by atoms with Crippen LogP contribution in [0.2, 0.25) is 0 Å². The molecule has 6 heteroatoms. The van der Waals surface area contributed by atoms with Gasteiger partial charge in [0.15, 0.2) is 5.11 Å². The van der Waals surface area contributed by atoms with E-state index in [1.807, 2.05) is 24.3 Å². The highest BCUT2D eigenvalue weighted by atomic mass is 32.1. The summed E-state index contributed by atoms with van der Waals surface area (Å²) < 4.78 is 4.57. The fourth-order valence-electron chi connectivity index (χ4n) is 2.11. The third kappa shape index (κ3) is 4.08. The van der Waals surface area contributed by atoms with Crippen LogP contribution < -0.4 is 10.6 Å². The summed E-state index contributed by atoms with van der Waals surface area (Å²) in [4.78, 5) is 11.0. The van der Waals surface area contributed by atoms with Crippen molar-refractivity contribution in [1.82, 2.24) is 5.32 Å². The van der Waals surface area contributed by atoms with E-state index in [0.717, 1.165) is 16.5 Å². The van der Waals surface area contributed by atoms with Gasteiger partial charge in [-0.25, -0.2) is 0 Å². The summed E-state index contributed by atoms with van der Waals surface area (Å²) in [6.07, 6.45) is 0.999. The van der Waals surface area contributed by atoms with Gasteiger partial charge < -0.3 is 20.5 Å². The summed E-state index contributed by atoms with van der Waals surface area (Å²) >= 11 is 5.24. The molecule has 0 radical (unpaired) electrons. The molecule has 0 bridgehead atoms. The van der Waals surface area contributed by atoms with Crippen LogP contribution in [0.1, 0.15) is 12.8 Å². The summed E-state index contributed by atoms with van der Waals surface area (Å²) in [7, 11) is 1.37. The molecule has 0 amide bonds. The Bertz CT molecular complexity index is 688. The number of carbonyl (C=O) groups is 1. The Hall–Kier alpha value is -2.34. The zero-order valence-corrected chi connectivity index (χ0v) is 13.1. The van der Waals surface area contributed by atoms with Crippen LogP contribution >= 0.6 is 12.2 Å². The minimum Gasteiger partial charge on any atom is -0.507 e. The van der Waals surface area contributed by atoms with Crippen molar-refractivity contribution in [2.45, 2.75) is 12.8 Å². The van der Waals surface area contributed by atoms with Crippen molar-refractivity contribution in [2.24, 2.45) is 0 Å². The van der Waals surface area contributed by atoms with E-state index in [9.17, 15) is 9.90 Å². The van der Waals surface area contributed by atoms with E-state index in [0.29, 0.717) is 24.5 Å². The number of carbonyl (C=O) groups excluding carboxylic acids is 1. The largest absolute Gasteiger partial charge is 0.507 e. The molecule has 3 N–H and O–H groups in total. The first-order valence-electron chi connectivity index (χ1n) is 6.94.